The van der Waals surface area contributed by atoms with E-state index in [0.29, 0.717) is 42.1 Å². The van der Waals surface area contributed by atoms with Crippen LogP contribution in [0, 0.1) is 40.4 Å². The van der Waals surface area contributed by atoms with Crippen LogP contribution in [0.5, 0.6) is 0 Å². The molecular formula is C22H27N5O3. The van der Waals surface area contributed by atoms with E-state index >= 15 is 0 Å². The number of nitrogens with zero attached hydrogens (tertiary/aromatic N) is 3. The van der Waals surface area contributed by atoms with E-state index in [0.717, 1.165) is 32.1 Å². The van der Waals surface area contributed by atoms with Gasteiger partial charge >= 0.3 is 6.09 Å². The molecular weight excluding hydrogens is 382 g/mol. The van der Waals surface area contributed by atoms with Crippen molar-refractivity contribution in [3.63, 3.8) is 0 Å². The molecule has 6 rings (SSSR count). The van der Waals surface area contributed by atoms with Crippen molar-refractivity contribution in [3.05, 3.63) is 23.9 Å². The average molecular weight is 409 g/mol. The first kappa shape index (κ1) is 19.2. The third-order valence-electron chi connectivity index (χ3n) is 8.21. The van der Waals surface area contributed by atoms with E-state index in [1.54, 1.807) is 23.2 Å². The summed E-state index contributed by atoms with van der Waals surface area (Å²) in [4.78, 5) is 30.3. The van der Waals surface area contributed by atoms with E-state index in [1.807, 2.05) is 0 Å². The highest BCUT2D eigenvalue weighted by molar-refractivity contribution is 5.81. The van der Waals surface area contributed by atoms with Crippen LogP contribution >= 0.6 is 0 Å². The summed E-state index contributed by atoms with van der Waals surface area (Å²) >= 11 is 0. The smallest absolute Gasteiger partial charge is 0.407 e. The van der Waals surface area contributed by atoms with E-state index in [2.05, 4.69) is 16.4 Å². The van der Waals surface area contributed by atoms with Crippen LogP contribution in [0.3, 0.4) is 0 Å². The summed E-state index contributed by atoms with van der Waals surface area (Å²) in [6.45, 7) is 0.465. The van der Waals surface area contributed by atoms with Crippen molar-refractivity contribution in [2.24, 2.45) is 34.8 Å². The Bertz CT molecular complexity index is 912. The molecule has 4 N–H and O–H groups in total. The number of nitrogens with one attached hydrogen (secondary N) is 1. The molecule has 4 bridgehead atoms. The van der Waals surface area contributed by atoms with E-state index < -0.39 is 11.5 Å². The molecule has 0 spiro atoms. The Labute approximate surface area is 175 Å². The van der Waals surface area contributed by atoms with Gasteiger partial charge in [-0.3, -0.25) is 4.79 Å². The maximum absolute atomic E-state index is 12.3. The van der Waals surface area contributed by atoms with E-state index in [4.69, 9.17) is 5.73 Å². The van der Waals surface area contributed by atoms with Crippen LogP contribution < -0.4 is 11.1 Å². The summed E-state index contributed by atoms with van der Waals surface area (Å²) in [6.07, 6.45) is 5.99. The quantitative estimate of drug-likeness (QED) is 0.699. The minimum Gasteiger partial charge on any atom is -0.465 e. The number of hydrogen-bond acceptors (Lipinski definition) is 5. The SMILES string of the molecule is N#Cc1cccnc1NC1CCN(C(=O)O)[C@H]1C1C2CC3C[C@H]1C[C@@](C(N)=O)(C3)C2. The molecule has 30 heavy (non-hydrogen) atoms. The highest BCUT2D eigenvalue weighted by Crippen LogP contribution is 2.63. The molecule has 7 atom stereocenters. The number of carbonyl (C=O) groups is 2. The molecule has 8 heteroatoms. The molecule has 4 unspecified atom stereocenters. The van der Waals surface area contributed by atoms with Crippen LogP contribution in [0.25, 0.3) is 0 Å². The summed E-state index contributed by atoms with van der Waals surface area (Å²) in [7, 11) is 0. The zero-order chi connectivity index (χ0) is 21.0. The fraction of sp³-hybridized carbons (Fsp3) is 0.636. The Balaban J connectivity index is 1.46. The van der Waals surface area contributed by atoms with E-state index in [-0.39, 0.29) is 23.9 Å². The van der Waals surface area contributed by atoms with Gasteiger partial charge in [-0.15, -0.1) is 0 Å². The number of anilines is 1. The number of hydrogen-bond donors (Lipinski definition) is 3. The second-order valence-corrected chi connectivity index (χ2v) is 9.71. The van der Waals surface area contributed by atoms with Gasteiger partial charge in [-0.1, -0.05) is 0 Å². The number of primary amides is 1. The van der Waals surface area contributed by atoms with Gasteiger partial charge in [0.2, 0.25) is 5.91 Å². The predicted octanol–water partition coefficient (Wildman–Crippen LogP) is 2.41. The number of amides is 2. The van der Waals surface area contributed by atoms with Crippen molar-refractivity contribution in [2.45, 2.75) is 50.6 Å². The summed E-state index contributed by atoms with van der Waals surface area (Å²) in [6, 6.07) is 5.31. The van der Waals surface area contributed by atoms with Crippen molar-refractivity contribution in [2.75, 3.05) is 11.9 Å². The topological polar surface area (TPSA) is 132 Å². The summed E-state index contributed by atoms with van der Waals surface area (Å²) in [5.41, 5.74) is 5.90. The van der Waals surface area contributed by atoms with Gasteiger partial charge in [-0.25, -0.2) is 9.78 Å². The number of aromatic nitrogens is 1. The first-order valence-corrected chi connectivity index (χ1v) is 10.8. The molecule has 4 saturated carbocycles. The molecule has 1 aromatic rings. The van der Waals surface area contributed by atoms with Crippen molar-refractivity contribution >= 4 is 17.8 Å². The first-order chi connectivity index (χ1) is 14.4. The van der Waals surface area contributed by atoms with Crippen LogP contribution in [0.4, 0.5) is 10.6 Å². The Morgan fingerprint density at radius 2 is 2.03 bits per heavy atom. The Hall–Kier alpha value is -2.82. The van der Waals surface area contributed by atoms with Gasteiger partial charge in [0.25, 0.3) is 0 Å². The van der Waals surface area contributed by atoms with Crippen molar-refractivity contribution in [1.29, 1.82) is 5.26 Å². The van der Waals surface area contributed by atoms with Crippen LogP contribution in [-0.4, -0.2) is 45.6 Å². The maximum atomic E-state index is 12.3. The molecule has 0 radical (unpaired) electrons. The van der Waals surface area contributed by atoms with Gasteiger partial charge in [0, 0.05) is 18.2 Å². The summed E-state index contributed by atoms with van der Waals surface area (Å²) < 4.78 is 0. The minimum absolute atomic E-state index is 0.102. The number of likely N-dealkylation sites (tertiary alicyclic amines) is 1. The fourth-order valence-electron chi connectivity index (χ4n) is 7.38. The monoisotopic (exact) mass is 409 g/mol. The zero-order valence-corrected chi connectivity index (χ0v) is 16.8. The van der Waals surface area contributed by atoms with Gasteiger partial charge in [-0.2, -0.15) is 5.26 Å². The lowest BCUT2D eigenvalue weighted by Gasteiger charge is -2.61. The van der Waals surface area contributed by atoms with E-state index in [9.17, 15) is 20.0 Å². The first-order valence-electron chi connectivity index (χ1n) is 10.8. The number of nitrogens with two attached hydrogens (primary N) is 1. The Kier molecular flexibility index (Phi) is 4.38. The van der Waals surface area contributed by atoms with Crippen LogP contribution in [0.1, 0.15) is 44.1 Å². The van der Waals surface area contributed by atoms with Gasteiger partial charge in [0.05, 0.1) is 17.6 Å². The number of rotatable bonds is 4. The lowest BCUT2D eigenvalue weighted by atomic mass is 9.44. The van der Waals surface area contributed by atoms with Gasteiger partial charge in [0.15, 0.2) is 0 Å². The highest BCUT2D eigenvalue weighted by atomic mass is 16.4. The third-order valence-corrected chi connectivity index (χ3v) is 8.21. The summed E-state index contributed by atoms with van der Waals surface area (Å²) in [5, 5.41) is 22.7. The normalized spacial score (nSPS) is 39.0. The molecule has 1 aromatic heterocycles. The van der Waals surface area contributed by atoms with Crippen LogP contribution in [0.15, 0.2) is 18.3 Å². The van der Waals surface area contributed by atoms with Gasteiger partial charge in [-0.05, 0) is 74.3 Å². The number of pyridine rings is 1. The summed E-state index contributed by atoms with van der Waals surface area (Å²) in [5.74, 6) is 1.70. The molecule has 2 amide bonds. The molecule has 8 nitrogen and oxygen atoms in total. The van der Waals surface area contributed by atoms with Crippen molar-refractivity contribution < 1.29 is 14.7 Å². The van der Waals surface area contributed by atoms with Crippen molar-refractivity contribution in [3.8, 4) is 6.07 Å². The molecule has 158 valence electrons. The number of carbonyl (C=O) groups excluding carboxylic acids is 1. The zero-order valence-electron chi connectivity index (χ0n) is 16.8. The molecule has 4 aliphatic carbocycles. The molecule has 5 aliphatic rings. The van der Waals surface area contributed by atoms with Gasteiger partial charge < -0.3 is 21.1 Å². The average Bonchev–Trinajstić information content (AvgIpc) is 3.11. The van der Waals surface area contributed by atoms with Crippen molar-refractivity contribution in [1.82, 2.24) is 9.88 Å². The third kappa shape index (κ3) is 2.83. The Morgan fingerprint density at radius 1 is 1.30 bits per heavy atom. The minimum atomic E-state index is -0.899. The highest BCUT2D eigenvalue weighted by Gasteiger charge is 2.61. The largest absolute Gasteiger partial charge is 0.465 e. The predicted molar refractivity (Wildman–Crippen MR) is 108 cm³/mol. The fourth-order valence-corrected chi connectivity index (χ4v) is 7.38. The maximum Gasteiger partial charge on any atom is 0.407 e. The van der Waals surface area contributed by atoms with E-state index in [1.165, 1.54) is 0 Å². The lowest BCUT2D eigenvalue weighted by Crippen LogP contribution is -2.61. The second-order valence-electron chi connectivity index (χ2n) is 9.71. The molecule has 5 fully saturated rings. The number of carboxylic acid groups (broad SMARTS) is 1. The van der Waals surface area contributed by atoms with Crippen LogP contribution in [0.2, 0.25) is 0 Å². The van der Waals surface area contributed by atoms with Gasteiger partial charge in [0.1, 0.15) is 11.9 Å². The lowest BCUT2D eigenvalue weighted by molar-refractivity contribution is -0.154. The van der Waals surface area contributed by atoms with Crippen LogP contribution in [-0.2, 0) is 4.79 Å². The molecule has 1 aliphatic heterocycles. The molecule has 0 aromatic carbocycles. The Morgan fingerprint density at radius 3 is 2.67 bits per heavy atom. The standard InChI is InChI=1S/C22H27N5O3/c23-11-13-2-1-4-25-19(13)26-16-3-5-27(21(29)30)18(16)17-14-6-12-7-15(17)10-22(8-12,9-14)20(24)28/h1-2,4,12,14-18H,3,5-10H2,(H2,24,28)(H,25,26)(H,29,30)/t12?,14-,15?,16?,17?,18+,22-/m0/s1. The molecule has 2 heterocycles. The second kappa shape index (κ2) is 6.86. The molecule has 1 saturated heterocycles. The number of nitriles is 1.